The Kier molecular flexibility index (Phi) is 5.84. The second-order valence-corrected chi connectivity index (χ2v) is 5.32. The molecule has 0 N–H and O–H groups in total. The van der Waals surface area contributed by atoms with Gasteiger partial charge in [-0.2, -0.15) is 0 Å². The van der Waals surface area contributed by atoms with Gasteiger partial charge in [0.15, 0.2) is 0 Å². The topological polar surface area (TPSA) is 35.5 Å². The molecule has 0 aromatic rings. The van der Waals surface area contributed by atoms with Gasteiger partial charge in [-0.3, -0.25) is 0 Å². The third kappa shape index (κ3) is 5.38. The van der Waals surface area contributed by atoms with Crippen molar-refractivity contribution in [3.05, 3.63) is 0 Å². The van der Waals surface area contributed by atoms with Gasteiger partial charge in [-0.15, -0.1) is 0 Å². The Balaban J connectivity index is 4.09. The molecule has 3 nitrogen and oxygen atoms in total. The normalized spacial score (nSPS) is 12.4. The summed E-state index contributed by atoms with van der Waals surface area (Å²) in [6.45, 7) is 12.6. The zero-order valence-electron chi connectivity index (χ0n) is 11.6. The van der Waals surface area contributed by atoms with E-state index in [0.717, 1.165) is 19.3 Å². The van der Waals surface area contributed by atoms with Crippen molar-refractivity contribution in [3.8, 4) is 0 Å². The highest BCUT2D eigenvalue weighted by molar-refractivity contribution is 5.60. The molecule has 0 unspecified atom stereocenters. The molecule has 0 rings (SSSR count). The van der Waals surface area contributed by atoms with E-state index in [1.165, 1.54) is 0 Å². The van der Waals surface area contributed by atoms with E-state index < -0.39 is 11.8 Å². The van der Waals surface area contributed by atoms with Crippen molar-refractivity contribution in [2.24, 2.45) is 5.41 Å². The average molecular weight is 230 g/mol. The number of hydrogen-bond acceptors (Lipinski definition) is 3. The second kappa shape index (κ2) is 6.12. The Morgan fingerprint density at radius 2 is 1.50 bits per heavy atom. The molecular formula is C13H26O3. The van der Waals surface area contributed by atoms with Gasteiger partial charge < -0.3 is 9.47 Å². The molecule has 0 saturated carbocycles. The predicted molar refractivity (Wildman–Crippen MR) is 65.5 cm³/mol. The maximum Gasteiger partial charge on any atom is 0.508 e. The van der Waals surface area contributed by atoms with Gasteiger partial charge in [0.2, 0.25) is 0 Å². The lowest BCUT2D eigenvalue weighted by Gasteiger charge is -2.28. The highest BCUT2D eigenvalue weighted by Gasteiger charge is 2.26. The first-order valence-corrected chi connectivity index (χ1v) is 6.14. The van der Waals surface area contributed by atoms with E-state index in [2.05, 4.69) is 20.8 Å². The Morgan fingerprint density at radius 1 is 1.00 bits per heavy atom. The first kappa shape index (κ1) is 15.3. The molecule has 0 aliphatic rings. The van der Waals surface area contributed by atoms with Gasteiger partial charge in [-0.1, -0.05) is 34.6 Å². The van der Waals surface area contributed by atoms with Gasteiger partial charge in [0.05, 0.1) is 0 Å². The van der Waals surface area contributed by atoms with Crippen molar-refractivity contribution >= 4 is 6.16 Å². The first-order valence-electron chi connectivity index (χ1n) is 6.14. The van der Waals surface area contributed by atoms with Crippen molar-refractivity contribution in [1.82, 2.24) is 0 Å². The number of ether oxygens (including phenoxy) is 2. The molecule has 0 amide bonds. The maximum atomic E-state index is 11.5. The summed E-state index contributed by atoms with van der Waals surface area (Å²) >= 11 is 0. The molecule has 16 heavy (non-hydrogen) atoms. The SMILES string of the molecule is CCC(C)(C)COC(=O)OC(C)(CC)CC. The van der Waals surface area contributed by atoms with Gasteiger partial charge >= 0.3 is 6.16 Å². The third-order valence-corrected chi connectivity index (χ3v) is 3.36. The van der Waals surface area contributed by atoms with Crippen LogP contribution in [-0.2, 0) is 9.47 Å². The van der Waals surface area contributed by atoms with Crippen LogP contribution < -0.4 is 0 Å². The summed E-state index contributed by atoms with van der Waals surface area (Å²) in [5.41, 5.74) is -0.374. The van der Waals surface area contributed by atoms with Crippen molar-refractivity contribution < 1.29 is 14.3 Å². The summed E-state index contributed by atoms with van der Waals surface area (Å²) in [5, 5.41) is 0. The van der Waals surface area contributed by atoms with Crippen molar-refractivity contribution in [2.75, 3.05) is 6.61 Å². The second-order valence-electron chi connectivity index (χ2n) is 5.32. The largest absolute Gasteiger partial charge is 0.508 e. The number of hydrogen-bond donors (Lipinski definition) is 0. The molecule has 0 bridgehead atoms. The highest BCUT2D eigenvalue weighted by Crippen LogP contribution is 2.23. The monoisotopic (exact) mass is 230 g/mol. The number of carbonyl (C=O) groups is 1. The Hall–Kier alpha value is -0.730. The molecule has 0 saturated heterocycles. The van der Waals surface area contributed by atoms with E-state index in [9.17, 15) is 4.79 Å². The van der Waals surface area contributed by atoms with Crippen molar-refractivity contribution in [3.63, 3.8) is 0 Å². The zero-order chi connectivity index (χ0) is 12.8. The van der Waals surface area contributed by atoms with Gasteiger partial charge in [0.1, 0.15) is 12.2 Å². The van der Waals surface area contributed by atoms with Crippen molar-refractivity contribution in [1.29, 1.82) is 0 Å². The summed E-state index contributed by atoms with van der Waals surface area (Å²) in [6.07, 6.45) is 2.03. The molecule has 0 radical (unpaired) electrons. The van der Waals surface area contributed by atoms with Crippen LogP contribution in [0.5, 0.6) is 0 Å². The fraction of sp³-hybridized carbons (Fsp3) is 0.923. The van der Waals surface area contributed by atoms with E-state index >= 15 is 0 Å². The summed E-state index contributed by atoms with van der Waals surface area (Å²) in [7, 11) is 0. The summed E-state index contributed by atoms with van der Waals surface area (Å²) < 4.78 is 10.5. The smallest absolute Gasteiger partial charge is 0.434 e. The van der Waals surface area contributed by atoms with Crippen LogP contribution in [0.25, 0.3) is 0 Å². The lowest BCUT2D eigenvalue weighted by atomic mass is 9.92. The van der Waals surface area contributed by atoms with Crippen LogP contribution in [0.3, 0.4) is 0 Å². The van der Waals surface area contributed by atoms with Crippen LogP contribution in [0.1, 0.15) is 60.8 Å². The number of carbonyl (C=O) groups excluding carboxylic acids is 1. The highest BCUT2D eigenvalue weighted by atomic mass is 16.7. The minimum Gasteiger partial charge on any atom is -0.434 e. The van der Waals surface area contributed by atoms with Crippen LogP contribution in [0.2, 0.25) is 0 Å². The lowest BCUT2D eigenvalue weighted by Crippen LogP contribution is -2.32. The summed E-state index contributed by atoms with van der Waals surface area (Å²) in [5.74, 6) is 0. The molecule has 0 heterocycles. The Labute approximate surface area is 99.5 Å². The van der Waals surface area contributed by atoms with Crippen LogP contribution in [0, 0.1) is 5.41 Å². The quantitative estimate of drug-likeness (QED) is 0.643. The van der Waals surface area contributed by atoms with E-state index in [4.69, 9.17) is 9.47 Å². The fourth-order valence-corrected chi connectivity index (χ4v) is 0.981. The molecule has 0 fully saturated rings. The molecular weight excluding hydrogens is 204 g/mol. The van der Waals surface area contributed by atoms with E-state index in [0.29, 0.717) is 6.61 Å². The molecule has 0 atom stereocenters. The standard InChI is InChI=1S/C13H26O3/c1-7-12(4,5)10-15-11(14)16-13(6,8-2)9-3/h7-10H2,1-6H3. The lowest BCUT2D eigenvalue weighted by molar-refractivity contribution is -0.0407. The zero-order valence-corrected chi connectivity index (χ0v) is 11.6. The van der Waals surface area contributed by atoms with Crippen LogP contribution >= 0.6 is 0 Å². The van der Waals surface area contributed by atoms with E-state index in [-0.39, 0.29) is 5.41 Å². The molecule has 0 spiro atoms. The maximum absolute atomic E-state index is 11.5. The van der Waals surface area contributed by atoms with E-state index in [1.54, 1.807) is 0 Å². The fourth-order valence-electron chi connectivity index (χ4n) is 0.981. The minimum atomic E-state index is -0.548. The Bertz CT molecular complexity index is 217. The Morgan fingerprint density at radius 3 is 1.88 bits per heavy atom. The van der Waals surface area contributed by atoms with Gasteiger partial charge in [-0.25, -0.2) is 4.79 Å². The molecule has 96 valence electrons. The number of rotatable bonds is 6. The molecule has 0 aliphatic carbocycles. The van der Waals surface area contributed by atoms with Crippen molar-refractivity contribution in [2.45, 2.75) is 66.4 Å². The first-order chi connectivity index (χ1) is 7.28. The van der Waals surface area contributed by atoms with E-state index in [1.807, 2.05) is 20.8 Å². The molecule has 0 aliphatic heterocycles. The summed E-state index contributed by atoms with van der Waals surface area (Å²) in [6, 6.07) is 0. The average Bonchev–Trinajstić information content (AvgIpc) is 2.26. The minimum absolute atomic E-state index is 0.0217. The molecule has 0 aromatic carbocycles. The predicted octanol–water partition coefficient (Wildman–Crippen LogP) is 4.15. The van der Waals surface area contributed by atoms with Gasteiger partial charge in [0, 0.05) is 0 Å². The van der Waals surface area contributed by atoms with Gasteiger partial charge in [0.25, 0.3) is 0 Å². The van der Waals surface area contributed by atoms with Gasteiger partial charge in [-0.05, 0) is 31.6 Å². The van der Waals surface area contributed by atoms with Crippen LogP contribution in [-0.4, -0.2) is 18.4 Å². The molecule has 0 aromatic heterocycles. The van der Waals surface area contributed by atoms with Crippen LogP contribution in [0.4, 0.5) is 4.79 Å². The molecule has 3 heteroatoms. The third-order valence-electron chi connectivity index (χ3n) is 3.36. The summed E-state index contributed by atoms with van der Waals surface area (Å²) in [4.78, 5) is 11.5. The van der Waals surface area contributed by atoms with Crippen LogP contribution in [0.15, 0.2) is 0 Å².